The van der Waals surface area contributed by atoms with E-state index in [9.17, 15) is 4.39 Å². The molecule has 1 fully saturated rings. The zero-order valence-electron chi connectivity index (χ0n) is 11.4. The third-order valence-corrected chi connectivity index (χ3v) is 3.33. The minimum atomic E-state index is -0.221. The van der Waals surface area contributed by atoms with Crippen LogP contribution in [-0.2, 0) is 6.54 Å². The Balaban J connectivity index is 1.74. The van der Waals surface area contributed by atoms with E-state index in [0.29, 0.717) is 18.4 Å². The highest BCUT2D eigenvalue weighted by Crippen LogP contribution is 2.39. The first-order valence-corrected chi connectivity index (χ1v) is 6.79. The lowest BCUT2D eigenvalue weighted by atomic mass is 10.2. The largest absolute Gasteiger partial charge is 0.366 e. The normalized spacial score (nSPS) is 14.1. The summed E-state index contributed by atoms with van der Waals surface area (Å²) in [5.41, 5.74) is 1.97. The van der Waals surface area contributed by atoms with Crippen LogP contribution in [0.4, 0.5) is 16.2 Å². The molecular formula is C15H17FN4. The third kappa shape index (κ3) is 3.04. The van der Waals surface area contributed by atoms with Crippen LogP contribution in [0.15, 0.2) is 30.3 Å². The lowest BCUT2D eigenvalue weighted by Gasteiger charge is -2.09. The van der Waals surface area contributed by atoms with E-state index in [1.807, 2.05) is 19.2 Å². The fourth-order valence-electron chi connectivity index (χ4n) is 2.10. The van der Waals surface area contributed by atoms with E-state index in [1.54, 1.807) is 6.07 Å². The van der Waals surface area contributed by atoms with Gasteiger partial charge < -0.3 is 10.6 Å². The molecule has 1 heterocycles. The van der Waals surface area contributed by atoms with Gasteiger partial charge >= 0.3 is 0 Å². The highest BCUT2D eigenvalue weighted by atomic mass is 19.1. The average molecular weight is 272 g/mol. The van der Waals surface area contributed by atoms with Gasteiger partial charge in [-0.15, -0.1) is 0 Å². The van der Waals surface area contributed by atoms with Crippen molar-refractivity contribution in [2.24, 2.45) is 0 Å². The quantitative estimate of drug-likeness (QED) is 0.878. The van der Waals surface area contributed by atoms with Crippen LogP contribution in [0.25, 0.3) is 0 Å². The number of halogens is 1. The fourth-order valence-corrected chi connectivity index (χ4v) is 2.10. The van der Waals surface area contributed by atoms with Crippen LogP contribution in [0.3, 0.4) is 0 Å². The molecule has 5 heteroatoms. The molecule has 0 unspecified atom stereocenters. The van der Waals surface area contributed by atoms with Crippen LogP contribution < -0.4 is 10.6 Å². The predicted octanol–water partition coefficient (Wildman–Crippen LogP) is 3.15. The lowest BCUT2D eigenvalue weighted by molar-refractivity contribution is 0.626. The zero-order chi connectivity index (χ0) is 13.9. The summed E-state index contributed by atoms with van der Waals surface area (Å²) >= 11 is 0. The van der Waals surface area contributed by atoms with E-state index >= 15 is 0 Å². The summed E-state index contributed by atoms with van der Waals surface area (Å²) in [6, 6.07) is 8.55. The molecule has 3 rings (SSSR count). The van der Waals surface area contributed by atoms with Crippen LogP contribution in [0, 0.1) is 5.82 Å². The van der Waals surface area contributed by atoms with Gasteiger partial charge in [-0.25, -0.2) is 9.37 Å². The number of hydrogen-bond acceptors (Lipinski definition) is 4. The van der Waals surface area contributed by atoms with Crippen LogP contribution in [0.2, 0.25) is 0 Å². The van der Waals surface area contributed by atoms with Crippen LogP contribution in [0.1, 0.15) is 30.0 Å². The summed E-state index contributed by atoms with van der Waals surface area (Å²) in [5, 5.41) is 6.20. The predicted molar refractivity (Wildman–Crippen MR) is 77.3 cm³/mol. The minimum absolute atomic E-state index is 0.221. The topological polar surface area (TPSA) is 49.8 Å². The molecule has 2 N–H and O–H groups in total. The van der Waals surface area contributed by atoms with Crippen molar-refractivity contribution in [3.8, 4) is 0 Å². The van der Waals surface area contributed by atoms with E-state index < -0.39 is 0 Å². The molecule has 0 spiro atoms. The molecule has 0 aliphatic heterocycles. The molecular weight excluding hydrogens is 255 g/mol. The Labute approximate surface area is 117 Å². The number of hydrogen-bond donors (Lipinski definition) is 2. The third-order valence-electron chi connectivity index (χ3n) is 3.33. The fraction of sp³-hybridized carbons (Fsp3) is 0.333. The van der Waals surface area contributed by atoms with Crippen LogP contribution >= 0.6 is 0 Å². The standard InChI is InChI=1S/C15H17FN4/c1-17-15-19-13(11-5-6-11)8-14(20-15)18-9-10-3-2-4-12(16)7-10/h2-4,7-8,11H,5-6,9H2,1H3,(H2,17,18,19,20). The highest BCUT2D eigenvalue weighted by Gasteiger charge is 2.26. The summed E-state index contributed by atoms with van der Waals surface area (Å²) in [4.78, 5) is 8.83. The first kappa shape index (κ1) is 12.8. The Hall–Kier alpha value is -2.17. The summed E-state index contributed by atoms with van der Waals surface area (Å²) in [6.45, 7) is 0.544. The maximum absolute atomic E-state index is 13.1. The van der Waals surface area contributed by atoms with Crippen molar-refractivity contribution in [1.29, 1.82) is 0 Å². The Kier molecular flexibility index (Phi) is 3.50. The van der Waals surface area contributed by atoms with Gasteiger partial charge in [0.15, 0.2) is 0 Å². The molecule has 1 aliphatic carbocycles. The molecule has 0 saturated heterocycles. The minimum Gasteiger partial charge on any atom is -0.366 e. The number of rotatable bonds is 5. The van der Waals surface area contributed by atoms with Gasteiger partial charge in [-0.2, -0.15) is 4.98 Å². The lowest BCUT2D eigenvalue weighted by Crippen LogP contribution is -2.06. The zero-order valence-corrected chi connectivity index (χ0v) is 11.4. The Bertz CT molecular complexity index is 611. The van der Waals surface area contributed by atoms with Crippen LogP contribution in [0.5, 0.6) is 0 Å². The summed E-state index contributed by atoms with van der Waals surface area (Å²) in [7, 11) is 1.81. The van der Waals surface area contributed by atoms with Gasteiger partial charge in [-0.05, 0) is 30.5 Å². The first-order valence-electron chi connectivity index (χ1n) is 6.79. The number of anilines is 2. The van der Waals surface area contributed by atoms with Gasteiger partial charge in [0.1, 0.15) is 11.6 Å². The van der Waals surface area contributed by atoms with E-state index in [0.717, 1.165) is 17.1 Å². The van der Waals surface area contributed by atoms with Gasteiger partial charge in [-0.1, -0.05) is 12.1 Å². The van der Waals surface area contributed by atoms with Gasteiger partial charge in [0.25, 0.3) is 0 Å². The second-order valence-electron chi connectivity index (χ2n) is 5.01. The molecule has 0 radical (unpaired) electrons. The number of nitrogens with one attached hydrogen (secondary N) is 2. The smallest absolute Gasteiger partial charge is 0.224 e. The van der Waals surface area contributed by atoms with Crippen molar-refractivity contribution in [2.45, 2.75) is 25.3 Å². The van der Waals surface area contributed by atoms with Crippen molar-refractivity contribution < 1.29 is 4.39 Å². The second kappa shape index (κ2) is 5.45. The van der Waals surface area contributed by atoms with Gasteiger partial charge in [-0.3, -0.25) is 0 Å². The maximum Gasteiger partial charge on any atom is 0.224 e. The number of nitrogens with zero attached hydrogens (tertiary/aromatic N) is 2. The molecule has 20 heavy (non-hydrogen) atoms. The Morgan fingerprint density at radius 1 is 1.25 bits per heavy atom. The monoisotopic (exact) mass is 272 g/mol. The molecule has 0 bridgehead atoms. The molecule has 0 atom stereocenters. The summed E-state index contributed by atoms with van der Waals surface area (Å²) in [5.74, 6) is 1.74. The molecule has 1 aliphatic rings. The molecule has 1 aromatic heterocycles. The maximum atomic E-state index is 13.1. The molecule has 104 valence electrons. The molecule has 0 amide bonds. The Morgan fingerprint density at radius 2 is 2.10 bits per heavy atom. The number of benzene rings is 1. The van der Waals surface area contributed by atoms with Crippen molar-refractivity contribution in [3.05, 3.63) is 47.4 Å². The second-order valence-corrected chi connectivity index (χ2v) is 5.01. The van der Waals surface area contributed by atoms with E-state index in [1.165, 1.54) is 25.0 Å². The highest BCUT2D eigenvalue weighted by molar-refractivity contribution is 5.44. The van der Waals surface area contributed by atoms with E-state index in [2.05, 4.69) is 20.6 Å². The van der Waals surface area contributed by atoms with Crippen molar-refractivity contribution >= 4 is 11.8 Å². The molecule has 1 aromatic carbocycles. The van der Waals surface area contributed by atoms with Crippen molar-refractivity contribution in [1.82, 2.24) is 9.97 Å². The SMILES string of the molecule is CNc1nc(NCc2cccc(F)c2)cc(C2CC2)n1. The van der Waals surface area contributed by atoms with Gasteiger partial charge in [0, 0.05) is 25.6 Å². The van der Waals surface area contributed by atoms with Crippen LogP contribution in [-0.4, -0.2) is 17.0 Å². The molecule has 2 aromatic rings. The first-order chi connectivity index (χ1) is 9.74. The summed E-state index contributed by atoms with van der Waals surface area (Å²) < 4.78 is 13.1. The number of aromatic nitrogens is 2. The van der Waals surface area contributed by atoms with Crippen molar-refractivity contribution in [3.63, 3.8) is 0 Å². The van der Waals surface area contributed by atoms with Crippen molar-refractivity contribution in [2.75, 3.05) is 17.7 Å². The van der Waals surface area contributed by atoms with E-state index in [-0.39, 0.29) is 5.82 Å². The molecule has 4 nitrogen and oxygen atoms in total. The molecule has 1 saturated carbocycles. The summed E-state index contributed by atoms with van der Waals surface area (Å²) in [6.07, 6.45) is 2.40. The average Bonchev–Trinajstić information content (AvgIpc) is 3.29. The van der Waals surface area contributed by atoms with E-state index in [4.69, 9.17) is 0 Å². The Morgan fingerprint density at radius 3 is 2.80 bits per heavy atom. The van der Waals surface area contributed by atoms with Gasteiger partial charge in [0.05, 0.1) is 5.69 Å². The van der Waals surface area contributed by atoms with Gasteiger partial charge in [0.2, 0.25) is 5.95 Å².